The van der Waals surface area contributed by atoms with Crippen molar-refractivity contribution in [1.29, 1.82) is 0 Å². The molecule has 100 valence electrons. The van der Waals surface area contributed by atoms with Crippen LogP contribution in [0.4, 0.5) is 0 Å². The van der Waals surface area contributed by atoms with Gasteiger partial charge in [0.05, 0.1) is 0 Å². The summed E-state index contributed by atoms with van der Waals surface area (Å²) in [6.07, 6.45) is 2.06. The zero-order valence-corrected chi connectivity index (χ0v) is 13.4. The molecule has 0 saturated carbocycles. The maximum Gasteiger partial charge on any atom is 0.0258 e. The molecule has 2 aromatic rings. The van der Waals surface area contributed by atoms with E-state index in [1.807, 2.05) is 0 Å². The minimum atomic E-state index is 0.484. The van der Waals surface area contributed by atoms with E-state index in [-0.39, 0.29) is 0 Å². The standard InChI is InChI=1S/C17H18BrCl/c1-13-4-2-5-14(8-13)9-16(12-19)10-15-6-3-7-17(18)11-15/h2-8,11,16H,9-10,12H2,1H3. The molecule has 0 aliphatic carbocycles. The zero-order chi connectivity index (χ0) is 13.7. The van der Waals surface area contributed by atoms with Gasteiger partial charge < -0.3 is 0 Å². The first-order valence-corrected chi connectivity index (χ1v) is 7.86. The third kappa shape index (κ3) is 4.67. The fourth-order valence-corrected chi connectivity index (χ4v) is 3.02. The molecule has 1 atom stereocenters. The number of benzene rings is 2. The lowest BCUT2D eigenvalue weighted by molar-refractivity contribution is 0.583. The zero-order valence-electron chi connectivity index (χ0n) is 11.1. The lowest BCUT2D eigenvalue weighted by Crippen LogP contribution is -2.10. The summed E-state index contributed by atoms with van der Waals surface area (Å²) < 4.78 is 1.13. The highest BCUT2D eigenvalue weighted by atomic mass is 79.9. The number of aryl methyl sites for hydroxylation is 1. The quantitative estimate of drug-likeness (QED) is 0.641. The SMILES string of the molecule is Cc1cccc(CC(CCl)Cc2cccc(Br)c2)c1. The Morgan fingerprint density at radius 3 is 2.21 bits per heavy atom. The second-order valence-electron chi connectivity index (χ2n) is 5.05. The summed E-state index contributed by atoms with van der Waals surface area (Å²) in [6, 6.07) is 17.2. The monoisotopic (exact) mass is 336 g/mol. The molecule has 0 bridgehead atoms. The maximum absolute atomic E-state index is 6.14. The molecule has 2 aromatic carbocycles. The van der Waals surface area contributed by atoms with E-state index in [4.69, 9.17) is 11.6 Å². The van der Waals surface area contributed by atoms with E-state index in [0.717, 1.165) is 17.3 Å². The predicted octanol–water partition coefficient (Wildman–Crippen LogP) is 5.40. The summed E-state index contributed by atoms with van der Waals surface area (Å²) in [5.74, 6) is 1.18. The minimum Gasteiger partial charge on any atom is -0.126 e. The second-order valence-corrected chi connectivity index (χ2v) is 6.27. The topological polar surface area (TPSA) is 0 Å². The smallest absolute Gasteiger partial charge is 0.0258 e. The Labute approximate surface area is 128 Å². The van der Waals surface area contributed by atoms with Crippen LogP contribution in [0.3, 0.4) is 0 Å². The van der Waals surface area contributed by atoms with E-state index >= 15 is 0 Å². The molecule has 2 rings (SSSR count). The van der Waals surface area contributed by atoms with Gasteiger partial charge in [-0.15, -0.1) is 11.6 Å². The van der Waals surface area contributed by atoms with Gasteiger partial charge in [-0.3, -0.25) is 0 Å². The van der Waals surface area contributed by atoms with E-state index in [9.17, 15) is 0 Å². The molecular weight excluding hydrogens is 320 g/mol. The minimum absolute atomic E-state index is 0.484. The van der Waals surface area contributed by atoms with Gasteiger partial charge in [0.1, 0.15) is 0 Å². The van der Waals surface area contributed by atoms with Gasteiger partial charge in [-0.1, -0.05) is 57.9 Å². The van der Waals surface area contributed by atoms with Crippen LogP contribution in [0.2, 0.25) is 0 Å². The first-order chi connectivity index (χ1) is 9.17. The van der Waals surface area contributed by atoms with Crippen LogP contribution >= 0.6 is 27.5 Å². The summed E-state index contributed by atoms with van der Waals surface area (Å²) in [6.45, 7) is 2.13. The summed E-state index contributed by atoms with van der Waals surface area (Å²) >= 11 is 9.65. The van der Waals surface area contributed by atoms with Crippen molar-refractivity contribution in [3.05, 3.63) is 69.7 Å². The lowest BCUT2D eigenvalue weighted by atomic mass is 9.93. The Kier molecular flexibility index (Phi) is 5.47. The summed E-state index contributed by atoms with van der Waals surface area (Å²) in [4.78, 5) is 0. The molecule has 0 heterocycles. The normalized spacial score (nSPS) is 12.4. The highest BCUT2D eigenvalue weighted by molar-refractivity contribution is 9.10. The number of hydrogen-bond acceptors (Lipinski definition) is 0. The summed E-state index contributed by atoms with van der Waals surface area (Å²) in [5, 5.41) is 0. The van der Waals surface area contributed by atoms with Crippen LogP contribution in [-0.4, -0.2) is 5.88 Å². The largest absolute Gasteiger partial charge is 0.126 e. The van der Waals surface area contributed by atoms with E-state index in [0.29, 0.717) is 11.8 Å². The Morgan fingerprint density at radius 2 is 1.63 bits per heavy atom. The summed E-state index contributed by atoms with van der Waals surface area (Å²) in [5.41, 5.74) is 4.03. The third-order valence-corrected chi connectivity index (χ3v) is 4.17. The first-order valence-electron chi connectivity index (χ1n) is 6.53. The van der Waals surface area contributed by atoms with Crippen LogP contribution in [0.25, 0.3) is 0 Å². The number of halogens is 2. The molecule has 0 aromatic heterocycles. The molecule has 0 fully saturated rings. The second kappa shape index (κ2) is 7.12. The predicted molar refractivity (Wildman–Crippen MR) is 86.9 cm³/mol. The van der Waals surface area contributed by atoms with Crippen molar-refractivity contribution in [2.45, 2.75) is 19.8 Å². The van der Waals surface area contributed by atoms with Crippen molar-refractivity contribution in [1.82, 2.24) is 0 Å². The fourth-order valence-electron chi connectivity index (χ4n) is 2.35. The van der Waals surface area contributed by atoms with Crippen molar-refractivity contribution in [2.75, 3.05) is 5.88 Å². The average Bonchev–Trinajstić information content (AvgIpc) is 2.38. The van der Waals surface area contributed by atoms with Gasteiger partial charge in [0.2, 0.25) is 0 Å². The first kappa shape index (κ1) is 14.6. The Hall–Kier alpha value is -0.790. The molecule has 0 saturated heterocycles. The maximum atomic E-state index is 6.14. The molecule has 2 heteroatoms. The number of hydrogen-bond donors (Lipinski definition) is 0. The van der Waals surface area contributed by atoms with Gasteiger partial charge in [-0.05, 0) is 48.9 Å². The summed E-state index contributed by atoms with van der Waals surface area (Å²) in [7, 11) is 0. The van der Waals surface area contributed by atoms with Crippen LogP contribution in [0.15, 0.2) is 53.0 Å². The number of alkyl halides is 1. The Morgan fingerprint density at radius 1 is 1.00 bits per heavy atom. The van der Waals surface area contributed by atoms with Crippen molar-refractivity contribution in [3.8, 4) is 0 Å². The van der Waals surface area contributed by atoms with Crippen LogP contribution in [0.1, 0.15) is 16.7 Å². The molecule has 19 heavy (non-hydrogen) atoms. The van der Waals surface area contributed by atoms with E-state index in [2.05, 4.69) is 71.4 Å². The van der Waals surface area contributed by atoms with Gasteiger partial charge >= 0.3 is 0 Å². The average molecular weight is 338 g/mol. The highest BCUT2D eigenvalue weighted by Crippen LogP contribution is 2.19. The third-order valence-electron chi connectivity index (χ3n) is 3.24. The van der Waals surface area contributed by atoms with Crippen molar-refractivity contribution >= 4 is 27.5 Å². The molecular formula is C17H18BrCl. The van der Waals surface area contributed by atoms with Gasteiger partial charge in [0, 0.05) is 10.4 Å². The fraction of sp³-hybridized carbons (Fsp3) is 0.294. The Bertz CT molecular complexity index is 489. The molecule has 1 unspecified atom stereocenters. The molecule has 0 spiro atoms. The van der Waals surface area contributed by atoms with E-state index in [1.165, 1.54) is 16.7 Å². The van der Waals surface area contributed by atoms with Crippen LogP contribution in [-0.2, 0) is 12.8 Å². The van der Waals surface area contributed by atoms with Crippen LogP contribution < -0.4 is 0 Å². The molecule has 0 aliphatic heterocycles. The van der Waals surface area contributed by atoms with Crippen molar-refractivity contribution in [2.24, 2.45) is 5.92 Å². The molecule has 0 amide bonds. The van der Waals surface area contributed by atoms with Gasteiger partial charge in [0.25, 0.3) is 0 Å². The van der Waals surface area contributed by atoms with Crippen molar-refractivity contribution < 1.29 is 0 Å². The van der Waals surface area contributed by atoms with Gasteiger partial charge in [-0.2, -0.15) is 0 Å². The van der Waals surface area contributed by atoms with E-state index in [1.54, 1.807) is 0 Å². The highest BCUT2D eigenvalue weighted by Gasteiger charge is 2.10. The van der Waals surface area contributed by atoms with Crippen LogP contribution in [0, 0.1) is 12.8 Å². The van der Waals surface area contributed by atoms with Gasteiger partial charge in [-0.25, -0.2) is 0 Å². The van der Waals surface area contributed by atoms with Crippen LogP contribution in [0.5, 0.6) is 0 Å². The molecule has 0 nitrogen and oxygen atoms in total. The van der Waals surface area contributed by atoms with E-state index < -0.39 is 0 Å². The van der Waals surface area contributed by atoms with Gasteiger partial charge in [0.15, 0.2) is 0 Å². The number of rotatable bonds is 5. The molecule has 0 aliphatic rings. The lowest BCUT2D eigenvalue weighted by Gasteiger charge is -2.14. The van der Waals surface area contributed by atoms with Crippen molar-refractivity contribution in [3.63, 3.8) is 0 Å². The Balaban J connectivity index is 2.04. The molecule has 0 N–H and O–H groups in total. The molecule has 0 radical (unpaired) electrons.